The summed E-state index contributed by atoms with van der Waals surface area (Å²) in [6.07, 6.45) is -0.506. The Kier molecular flexibility index (Phi) is 7.43. The zero-order valence-electron chi connectivity index (χ0n) is 18.7. The minimum Gasteiger partial charge on any atom is -0.274 e. The number of rotatable bonds is 7. The SMILES string of the molecule is NS(=O)(=O)c1ccc(N2C(=O)CC(N(Cc3ccc(F)cc3)S(=O)(=O)c3cc(Cl)ccc3Cl)C2=O)cc1. The minimum absolute atomic E-state index is 0.0322. The Morgan fingerprint density at radius 3 is 2.16 bits per heavy atom. The molecular formula is C23H18Cl2FN3O6S2. The van der Waals surface area contributed by atoms with Gasteiger partial charge in [-0.3, -0.25) is 9.59 Å². The number of imide groups is 1. The van der Waals surface area contributed by atoms with Crippen molar-refractivity contribution in [1.29, 1.82) is 0 Å². The van der Waals surface area contributed by atoms with Crippen LogP contribution in [0.4, 0.5) is 10.1 Å². The fraction of sp³-hybridized carbons (Fsp3) is 0.130. The van der Waals surface area contributed by atoms with E-state index in [4.69, 9.17) is 28.3 Å². The molecular weight excluding hydrogens is 568 g/mol. The van der Waals surface area contributed by atoms with Crippen LogP contribution in [0.1, 0.15) is 12.0 Å². The number of amides is 2. The first-order valence-corrected chi connectivity index (χ1v) is 14.2. The van der Waals surface area contributed by atoms with Gasteiger partial charge >= 0.3 is 0 Å². The molecule has 0 aliphatic carbocycles. The molecule has 1 heterocycles. The maximum atomic E-state index is 13.8. The third-order valence-corrected chi connectivity index (χ3v) is 9.13. The molecule has 2 amide bonds. The van der Waals surface area contributed by atoms with Crippen molar-refractivity contribution in [3.63, 3.8) is 0 Å². The van der Waals surface area contributed by atoms with E-state index < -0.39 is 50.1 Å². The smallest absolute Gasteiger partial charge is 0.252 e. The van der Waals surface area contributed by atoms with Gasteiger partial charge in [0.2, 0.25) is 26.0 Å². The van der Waals surface area contributed by atoms with E-state index >= 15 is 0 Å². The first-order chi connectivity index (χ1) is 17.3. The number of carbonyl (C=O) groups is 2. The molecule has 1 atom stereocenters. The molecule has 3 aromatic rings. The van der Waals surface area contributed by atoms with Gasteiger partial charge < -0.3 is 0 Å². The van der Waals surface area contributed by atoms with E-state index in [0.29, 0.717) is 5.56 Å². The van der Waals surface area contributed by atoms with Crippen molar-refractivity contribution in [3.05, 3.63) is 88.2 Å². The molecule has 1 aliphatic heterocycles. The summed E-state index contributed by atoms with van der Waals surface area (Å²) in [6.45, 7) is -0.382. The lowest BCUT2D eigenvalue weighted by molar-refractivity contribution is -0.122. The molecule has 4 rings (SSSR count). The Balaban J connectivity index is 1.77. The number of hydrogen-bond donors (Lipinski definition) is 1. The van der Waals surface area contributed by atoms with E-state index in [2.05, 4.69) is 0 Å². The first-order valence-electron chi connectivity index (χ1n) is 10.5. The highest BCUT2D eigenvalue weighted by Crippen LogP contribution is 2.34. The van der Waals surface area contributed by atoms with Crippen LogP contribution in [0.15, 0.2) is 76.5 Å². The molecule has 1 unspecified atom stereocenters. The van der Waals surface area contributed by atoms with Gasteiger partial charge in [0.25, 0.3) is 5.91 Å². The lowest BCUT2D eigenvalue weighted by Gasteiger charge is -2.27. The zero-order valence-corrected chi connectivity index (χ0v) is 21.9. The molecule has 194 valence electrons. The maximum absolute atomic E-state index is 13.8. The number of halogens is 3. The Bertz CT molecular complexity index is 1600. The predicted molar refractivity (Wildman–Crippen MR) is 134 cm³/mol. The number of carbonyl (C=O) groups excluding carboxylic acids is 2. The van der Waals surface area contributed by atoms with Crippen LogP contribution in [0, 0.1) is 5.82 Å². The molecule has 0 spiro atoms. The first kappa shape index (κ1) is 27.2. The average molecular weight is 586 g/mol. The van der Waals surface area contributed by atoms with Crippen molar-refractivity contribution < 1.29 is 30.8 Å². The van der Waals surface area contributed by atoms with Gasteiger partial charge in [0.15, 0.2) is 0 Å². The molecule has 0 bridgehead atoms. The highest BCUT2D eigenvalue weighted by Gasteiger charge is 2.47. The van der Waals surface area contributed by atoms with Crippen molar-refractivity contribution in [2.75, 3.05) is 4.90 Å². The largest absolute Gasteiger partial charge is 0.274 e. The fourth-order valence-electron chi connectivity index (χ4n) is 3.83. The van der Waals surface area contributed by atoms with Crippen molar-refractivity contribution in [2.45, 2.75) is 28.8 Å². The normalized spacial score (nSPS) is 16.6. The monoisotopic (exact) mass is 585 g/mol. The Morgan fingerprint density at radius 1 is 0.946 bits per heavy atom. The number of nitrogens with two attached hydrogens (primary N) is 1. The van der Waals surface area contributed by atoms with Gasteiger partial charge in [0.05, 0.1) is 22.0 Å². The number of nitrogens with zero attached hydrogens (tertiary/aromatic N) is 2. The summed E-state index contributed by atoms with van der Waals surface area (Å²) in [7, 11) is -8.52. The minimum atomic E-state index is -4.51. The van der Waals surface area contributed by atoms with Gasteiger partial charge in [-0.05, 0) is 60.2 Å². The predicted octanol–water partition coefficient (Wildman–Crippen LogP) is 3.30. The van der Waals surface area contributed by atoms with Crippen molar-refractivity contribution in [3.8, 4) is 0 Å². The number of benzene rings is 3. The lowest BCUT2D eigenvalue weighted by atomic mass is 10.2. The second-order valence-corrected chi connectivity index (χ2v) is 12.3. The van der Waals surface area contributed by atoms with Crippen molar-refractivity contribution in [1.82, 2.24) is 4.31 Å². The Labute approximate surface area is 222 Å². The molecule has 9 nitrogen and oxygen atoms in total. The molecule has 14 heteroatoms. The topological polar surface area (TPSA) is 135 Å². The quantitative estimate of drug-likeness (QED) is 0.423. The van der Waals surface area contributed by atoms with E-state index in [1.54, 1.807) is 0 Å². The van der Waals surface area contributed by atoms with E-state index in [1.165, 1.54) is 36.4 Å². The van der Waals surface area contributed by atoms with Gasteiger partial charge in [-0.25, -0.2) is 31.3 Å². The Morgan fingerprint density at radius 2 is 1.57 bits per heavy atom. The van der Waals surface area contributed by atoms with Gasteiger partial charge in [-0.1, -0.05) is 35.3 Å². The fourth-order valence-corrected chi connectivity index (χ4v) is 6.65. The van der Waals surface area contributed by atoms with Crippen LogP contribution in [0.5, 0.6) is 0 Å². The van der Waals surface area contributed by atoms with Crippen LogP contribution >= 0.6 is 23.2 Å². The molecule has 1 aliphatic rings. The number of primary sulfonamides is 1. The van der Waals surface area contributed by atoms with E-state index in [9.17, 15) is 30.8 Å². The van der Waals surface area contributed by atoms with Crippen molar-refractivity contribution in [2.24, 2.45) is 5.14 Å². The van der Waals surface area contributed by atoms with Gasteiger partial charge in [-0.2, -0.15) is 4.31 Å². The van der Waals surface area contributed by atoms with E-state index in [1.807, 2.05) is 0 Å². The van der Waals surface area contributed by atoms with Crippen LogP contribution in [-0.2, 0) is 36.2 Å². The number of sulfonamides is 2. The van der Waals surface area contributed by atoms with E-state index in [0.717, 1.165) is 39.5 Å². The summed E-state index contributed by atoms with van der Waals surface area (Å²) < 4.78 is 64.9. The van der Waals surface area contributed by atoms with Gasteiger partial charge in [0.1, 0.15) is 16.8 Å². The summed E-state index contributed by atoms with van der Waals surface area (Å²) in [5.74, 6) is -2.12. The number of hydrogen-bond acceptors (Lipinski definition) is 6. The summed E-state index contributed by atoms with van der Waals surface area (Å²) in [5, 5.41) is 5.02. The summed E-state index contributed by atoms with van der Waals surface area (Å²) in [5.41, 5.74) is 0.379. The Hall–Kier alpha value is -2.87. The van der Waals surface area contributed by atoms with Crippen LogP contribution < -0.4 is 10.0 Å². The van der Waals surface area contributed by atoms with Gasteiger partial charge in [-0.15, -0.1) is 0 Å². The summed E-state index contributed by atoms with van der Waals surface area (Å²) >= 11 is 12.2. The van der Waals surface area contributed by atoms with Crippen LogP contribution in [-0.4, -0.2) is 39.0 Å². The highest BCUT2D eigenvalue weighted by atomic mass is 35.5. The third kappa shape index (κ3) is 5.54. The molecule has 3 aromatic carbocycles. The summed E-state index contributed by atoms with van der Waals surface area (Å²) in [4.78, 5) is 26.5. The highest BCUT2D eigenvalue weighted by molar-refractivity contribution is 7.89. The molecule has 2 N–H and O–H groups in total. The molecule has 0 saturated carbocycles. The third-order valence-electron chi connectivity index (χ3n) is 5.63. The standard InChI is InChI=1S/C23H18Cl2FN3O6S2/c24-15-3-10-19(25)21(11-15)37(34,35)28(13-14-1-4-16(26)5-2-14)20-12-22(30)29(23(20)31)17-6-8-18(9-7-17)36(27,32)33/h1-11,20H,12-13H2,(H2,27,32,33). The molecule has 1 saturated heterocycles. The molecule has 0 radical (unpaired) electrons. The molecule has 37 heavy (non-hydrogen) atoms. The zero-order chi connectivity index (χ0) is 27.1. The number of anilines is 1. The van der Waals surface area contributed by atoms with E-state index in [-0.39, 0.29) is 32.1 Å². The lowest BCUT2D eigenvalue weighted by Crippen LogP contribution is -2.45. The molecule has 0 aromatic heterocycles. The summed E-state index contributed by atoms with van der Waals surface area (Å²) in [6, 6.07) is 12.0. The maximum Gasteiger partial charge on any atom is 0.252 e. The van der Waals surface area contributed by atoms with Crippen molar-refractivity contribution >= 4 is 60.8 Å². The average Bonchev–Trinajstić information content (AvgIpc) is 3.12. The second kappa shape index (κ2) is 10.1. The second-order valence-electron chi connectivity index (χ2n) is 8.08. The van der Waals surface area contributed by atoms with Crippen LogP contribution in [0.25, 0.3) is 0 Å². The van der Waals surface area contributed by atoms with Gasteiger partial charge in [0, 0.05) is 11.6 Å². The van der Waals surface area contributed by atoms with Crippen LogP contribution in [0.3, 0.4) is 0 Å². The van der Waals surface area contributed by atoms with Crippen LogP contribution in [0.2, 0.25) is 10.0 Å². The molecule has 1 fully saturated rings.